The zero-order valence-electron chi connectivity index (χ0n) is 14.5. The minimum atomic E-state index is 0.00518. The van der Waals surface area contributed by atoms with Crippen LogP contribution in [0.15, 0.2) is 53.0 Å². The Morgan fingerprint density at radius 1 is 1.15 bits per heavy atom. The van der Waals surface area contributed by atoms with Crippen molar-refractivity contribution in [3.05, 3.63) is 75.4 Å². The van der Waals surface area contributed by atoms with Crippen molar-refractivity contribution in [1.29, 1.82) is 0 Å². The summed E-state index contributed by atoms with van der Waals surface area (Å²) in [7, 11) is 0. The normalized spacial score (nSPS) is 16.7. The topological polar surface area (TPSA) is 46.9 Å². The van der Waals surface area contributed by atoms with Crippen molar-refractivity contribution in [2.24, 2.45) is 0 Å². The molecule has 0 radical (unpaired) electrons. The van der Waals surface area contributed by atoms with Crippen molar-refractivity contribution in [3.63, 3.8) is 0 Å². The van der Waals surface area contributed by atoms with E-state index in [1.54, 1.807) is 11.8 Å². The van der Waals surface area contributed by atoms with Crippen molar-refractivity contribution in [3.8, 4) is 5.69 Å². The quantitative estimate of drug-likeness (QED) is 0.623. The van der Waals surface area contributed by atoms with Crippen LogP contribution in [0.5, 0.6) is 0 Å². The van der Waals surface area contributed by atoms with E-state index in [-0.39, 0.29) is 11.2 Å². The number of thioether (sulfide) groups is 1. The monoisotopic (exact) mass is 427 g/mol. The molecule has 0 spiro atoms. The van der Waals surface area contributed by atoms with Gasteiger partial charge >= 0.3 is 0 Å². The summed E-state index contributed by atoms with van der Waals surface area (Å²) in [5.41, 5.74) is 5.28. The Bertz CT molecular complexity index is 981. The van der Waals surface area contributed by atoms with Crippen molar-refractivity contribution in [2.45, 2.75) is 19.1 Å². The van der Waals surface area contributed by atoms with Gasteiger partial charge in [-0.25, -0.2) is 4.68 Å². The van der Waals surface area contributed by atoms with Crippen LogP contribution < -0.4 is 5.32 Å². The van der Waals surface area contributed by atoms with Crippen LogP contribution in [0.3, 0.4) is 0 Å². The maximum Gasteiger partial charge on any atom is 0.235 e. The maximum absolute atomic E-state index is 12.4. The molecule has 0 aliphatic carbocycles. The molecule has 0 fully saturated rings. The fourth-order valence-electron chi connectivity index (χ4n) is 3.26. The van der Waals surface area contributed by atoms with E-state index in [1.165, 1.54) is 5.56 Å². The van der Waals surface area contributed by atoms with Crippen molar-refractivity contribution in [2.75, 3.05) is 11.1 Å². The number of hydrogen-bond acceptors (Lipinski definition) is 3. The summed E-state index contributed by atoms with van der Waals surface area (Å²) in [6.45, 7) is 4.07. The number of amides is 1. The van der Waals surface area contributed by atoms with Crippen LogP contribution in [-0.2, 0) is 4.79 Å². The first-order valence-electron chi connectivity index (χ1n) is 8.37. The first-order chi connectivity index (χ1) is 12.5. The molecule has 3 aromatic rings. The van der Waals surface area contributed by atoms with E-state index in [2.05, 4.69) is 46.4 Å². The van der Waals surface area contributed by atoms with Crippen LogP contribution in [0.25, 0.3) is 5.69 Å². The van der Waals surface area contributed by atoms with Crippen LogP contribution in [0.1, 0.15) is 27.6 Å². The van der Waals surface area contributed by atoms with Gasteiger partial charge in [-0.1, -0.05) is 46.3 Å². The molecule has 1 amide bonds. The molecule has 6 heteroatoms. The van der Waals surface area contributed by atoms with E-state index in [0.29, 0.717) is 5.75 Å². The highest BCUT2D eigenvalue weighted by Crippen LogP contribution is 2.44. The number of fused-ring (bicyclic) bond motifs is 1. The van der Waals surface area contributed by atoms with Gasteiger partial charge in [0.05, 0.1) is 22.4 Å². The van der Waals surface area contributed by atoms with Crippen LogP contribution in [0.2, 0.25) is 0 Å². The van der Waals surface area contributed by atoms with Crippen molar-refractivity contribution in [1.82, 2.24) is 9.78 Å². The Morgan fingerprint density at radius 3 is 2.62 bits per heavy atom. The van der Waals surface area contributed by atoms with Gasteiger partial charge in [0, 0.05) is 10.0 Å². The Labute approximate surface area is 165 Å². The lowest BCUT2D eigenvalue weighted by molar-refractivity contribution is -0.113. The molecular weight excluding hydrogens is 410 g/mol. The lowest BCUT2D eigenvalue weighted by atomic mass is 10.0. The summed E-state index contributed by atoms with van der Waals surface area (Å²) < 4.78 is 2.91. The average Bonchev–Trinajstić information content (AvgIpc) is 2.82. The fourth-order valence-corrected chi connectivity index (χ4v) is 4.71. The molecule has 0 saturated heterocycles. The number of nitrogens with one attached hydrogen (secondary N) is 1. The van der Waals surface area contributed by atoms with E-state index in [4.69, 9.17) is 5.10 Å². The second kappa shape index (κ2) is 6.93. The third-order valence-electron chi connectivity index (χ3n) is 4.52. The molecule has 132 valence electrons. The third kappa shape index (κ3) is 3.08. The highest BCUT2D eigenvalue weighted by Gasteiger charge is 2.30. The van der Waals surface area contributed by atoms with E-state index in [9.17, 15) is 4.79 Å². The highest BCUT2D eigenvalue weighted by atomic mass is 79.9. The molecule has 1 aliphatic heterocycles. The molecule has 26 heavy (non-hydrogen) atoms. The predicted octanol–water partition coefficient (Wildman–Crippen LogP) is 5.03. The smallest absolute Gasteiger partial charge is 0.235 e. The lowest BCUT2D eigenvalue weighted by Crippen LogP contribution is -2.16. The summed E-state index contributed by atoms with van der Waals surface area (Å²) in [4.78, 5) is 12.4. The standard InChI is InChI=1S/C20H18BrN3OS/c1-12-5-3-4-6-16(12)24-20-18(13(2)23-24)19(26-11-17(25)22-20)14-7-9-15(21)10-8-14/h3-10,19H,11H2,1-2H3,(H,22,25)/t19-/m0/s1. The zero-order chi connectivity index (χ0) is 18.3. The highest BCUT2D eigenvalue weighted by molar-refractivity contribution is 9.10. The molecule has 1 aromatic heterocycles. The van der Waals surface area contributed by atoms with Crippen LogP contribution >= 0.6 is 27.7 Å². The summed E-state index contributed by atoms with van der Waals surface area (Å²) in [6, 6.07) is 16.4. The minimum absolute atomic E-state index is 0.00518. The minimum Gasteiger partial charge on any atom is -0.310 e. The van der Waals surface area contributed by atoms with Gasteiger partial charge in [-0.15, -0.1) is 11.8 Å². The second-order valence-corrected chi connectivity index (χ2v) is 8.35. The van der Waals surface area contributed by atoms with E-state index >= 15 is 0 Å². The van der Waals surface area contributed by atoms with Gasteiger partial charge in [-0.3, -0.25) is 4.79 Å². The van der Waals surface area contributed by atoms with Crippen molar-refractivity contribution >= 4 is 39.4 Å². The van der Waals surface area contributed by atoms with Crippen LogP contribution in [0.4, 0.5) is 5.82 Å². The second-order valence-electron chi connectivity index (χ2n) is 6.34. The Morgan fingerprint density at radius 2 is 1.88 bits per heavy atom. The molecule has 1 atom stereocenters. The van der Waals surface area contributed by atoms with E-state index in [0.717, 1.165) is 32.8 Å². The van der Waals surface area contributed by atoms with Crippen LogP contribution in [0, 0.1) is 13.8 Å². The first kappa shape index (κ1) is 17.4. The zero-order valence-corrected chi connectivity index (χ0v) is 16.9. The Hall–Kier alpha value is -2.05. The number of halogens is 1. The summed E-state index contributed by atoms with van der Waals surface area (Å²) in [6.07, 6.45) is 0. The molecule has 4 rings (SSSR count). The number of para-hydroxylation sites is 1. The molecule has 2 heterocycles. The first-order valence-corrected chi connectivity index (χ1v) is 10.2. The number of hydrogen-bond donors (Lipinski definition) is 1. The van der Waals surface area contributed by atoms with Gasteiger partial charge in [-0.05, 0) is 43.2 Å². The summed E-state index contributed by atoms with van der Waals surface area (Å²) in [5.74, 6) is 1.20. The number of nitrogens with zero attached hydrogens (tertiary/aromatic N) is 2. The van der Waals surface area contributed by atoms with Crippen LogP contribution in [-0.4, -0.2) is 21.4 Å². The summed E-state index contributed by atoms with van der Waals surface area (Å²) in [5, 5.41) is 7.92. The predicted molar refractivity (Wildman–Crippen MR) is 110 cm³/mol. The number of carbonyl (C=O) groups excluding carboxylic acids is 1. The molecule has 1 N–H and O–H groups in total. The maximum atomic E-state index is 12.4. The molecule has 4 nitrogen and oxygen atoms in total. The Balaban J connectivity index is 1.91. The molecule has 2 aromatic carbocycles. The third-order valence-corrected chi connectivity index (χ3v) is 6.32. The lowest BCUT2D eigenvalue weighted by Gasteiger charge is -2.15. The molecule has 0 unspecified atom stereocenters. The molecule has 0 saturated carbocycles. The van der Waals surface area contributed by atoms with Gasteiger partial charge in [0.25, 0.3) is 0 Å². The summed E-state index contributed by atoms with van der Waals surface area (Å²) >= 11 is 5.13. The fraction of sp³-hybridized carbons (Fsp3) is 0.200. The average molecular weight is 428 g/mol. The van der Waals surface area contributed by atoms with E-state index in [1.807, 2.05) is 41.9 Å². The van der Waals surface area contributed by atoms with Gasteiger partial charge in [0.1, 0.15) is 5.82 Å². The number of anilines is 1. The van der Waals surface area contributed by atoms with Gasteiger partial charge in [-0.2, -0.15) is 5.10 Å². The number of rotatable bonds is 2. The largest absolute Gasteiger partial charge is 0.310 e. The molecule has 0 bridgehead atoms. The Kier molecular flexibility index (Phi) is 4.63. The number of aromatic nitrogens is 2. The molecular formula is C20H18BrN3OS. The van der Waals surface area contributed by atoms with Gasteiger partial charge < -0.3 is 5.32 Å². The number of carbonyl (C=O) groups is 1. The molecule has 1 aliphatic rings. The SMILES string of the molecule is Cc1ccccc1-n1nc(C)c2c1NC(=O)CS[C@H]2c1ccc(Br)cc1. The van der Waals surface area contributed by atoms with E-state index < -0.39 is 0 Å². The van der Waals surface area contributed by atoms with Crippen molar-refractivity contribution < 1.29 is 4.79 Å². The van der Waals surface area contributed by atoms with Gasteiger partial charge in [0.15, 0.2) is 0 Å². The number of benzene rings is 2. The van der Waals surface area contributed by atoms with Gasteiger partial charge in [0.2, 0.25) is 5.91 Å². The number of aryl methyl sites for hydroxylation is 2.